The second kappa shape index (κ2) is 7.46. The quantitative estimate of drug-likeness (QED) is 0.436. The van der Waals surface area contributed by atoms with Crippen LogP contribution in [0.25, 0.3) is 11.6 Å². The van der Waals surface area contributed by atoms with E-state index in [1.807, 2.05) is 85.0 Å². The lowest BCUT2D eigenvalue weighted by Gasteiger charge is -2.09. The third kappa shape index (κ3) is 3.43. The Labute approximate surface area is 190 Å². The van der Waals surface area contributed by atoms with Gasteiger partial charge in [-0.2, -0.15) is 0 Å². The normalized spacial score (nSPS) is 19.6. The van der Waals surface area contributed by atoms with Crippen LogP contribution in [-0.2, 0) is 0 Å². The largest absolute Gasteiger partial charge is 0.515 e. The Morgan fingerprint density at radius 2 is 1.48 bits per heavy atom. The van der Waals surface area contributed by atoms with Crippen LogP contribution in [0, 0.1) is 0 Å². The highest BCUT2D eigenvalue weighted by atomic mass is 16.2. The van der Waals surface area contributed by atoms with Gasteiger partial charge in [0.25, 0.3) is 0 Å². The lowest BCUT2D eigenvalue weighted by molar-refractivity contribution is 0.472. The first kappa shape index (κ1) is 19.0. The molecule has 0 amide bonds. The van der Waals surface area contributed by atoms with Crippen molar-refractivity contribution in [2.24, 2.45) is 15.0 Å². The molecule has 6 nitrogen and oxygen atoms in total. The number of aliphatic hydroxyl groups is 1. The summed E-state index contributed by atoms with van der Waals surface area (Å²) in [6.45, 7) is 0. The summed E-state index contributed by atoms with van der Waals surface area (Å²) >= 11 is 0. The lowest BCUT2D eigenvalue weighted by atomic mass is 10.0. The van der Waals surface area contributed by atoms with Gasteiger partial charge in [-0.3, -0.25) is 0 Å². The van der Waals surface area contributed by atoms with Gasteiger partial charge in [0.1, 0.15) is 0 Å². The number of nitrogens with one attached hydrogen (secondary N) is 1. The van der Waals surface area contributed by atoms with E-state index in [0.29, 0.717) is 22.7 Å². The summed E-state index contributed by atoms with van der Waals surface area (Å²) < 4.78 is 0. The van der Waals surface area contributed by atoms with Gasteiger partial charge in [-0.15, -0.1) is 0 Å². The SMILES string of the molecule is Nc1ccc(C2=C3C=CC(=N3)C=C3C=CC(=N3)C(=CO)C3=NC(=Cc4ccc2[nH]4)C=C3)cc1. The molecule has 0 spiro atoms. The van der Waals surface area contributed by atoms with E-state index >= 15 is 0 Å². The fourth-order valence-corrected chi connectivity index (χ4v) is 4.12. The van der Waals surface area contributed by atoms with E-state index in [0.717, 1.165) is 51.6 Å². The molecule has 1 aromatic heterocycles. The van der Waals surface area contributed by atoms with Crippen LogP contribution in [0.2, 0.25) is 0 Å². The Kier molecular flexibility index (Phi) is 4.30. The van der Waals surface area contributed by atoms with Gasteiger partial charge in [-0.1, -0.05) is 12.1 Å². The molecule has 8 bridgehead atoms. The molecule has 0 unspecified atom stereocenters. The van der Waals surface area contributed by atoms with Gasteiger partial charge in [0.2, 0.25) is 0 Å². The van der Waals surface area contributed by atoms with E-state index < -0.39 is 0 Å². The molecular formula is C27H19N5O. The van der Waals surface area contributed by atoms with Gasteiger partial charge in [0, 0.05) is 22.6 Å². The zero-order chi connectivity index (χ0) is 22.4. The number of fused-ring (bicyclic) bond motifs is 5. The van der Waals surface area contributed by atoms with E-state index in [9.17, 15) is 5.11 Å². The molecule has 5 heterocycles. The first-order valence-corrected chi connectivity index (χ1v) is 10.5. The first-order valence-electron chi connectivity index (χ1n) is 10.5. The highest BCUT2D eigenvalue weighted by Crippen LogP contribution is 2.32. The smallest absolute Gasteiger partial charge is 0.0907 e. The topological polar surface area (TPSA) is 99.1 Å². The van der Waals surface area contributed by atoms with Crippen molar-refractivity contribution in [2.75, 3.05) is 5.73 Å². The summed E-state index contributed by atoms with van der Waals surface area (Å²) in [4.78, 5) is 17.7. The zero-order valence-corrected chi connectivity index (χ0v) is 17.5. The van der Waals surface area contributed by atoms with Crippen molar-refractivity contribution < 1.29 is 5.11 Å². The molecule has 4 aliphatic heterocycles. The Morgan fingerprint density at radius 1 is 0.758 bits per heavy atom. The molecular weight excluding hydrogens is 410 g/mol. The van der Waals surface area contributed by atoms with Gasteiger partial charge >= 0.3 is 0 Å². The van der Waals surface area contributed by atoms with Crippen LogP contribution in [0.3, 0.4) is 0 Å². The third-order valence-corrected chi connectivity index (χ3v) is 5.70. The average molecular weight is 429 g/mol. The van der Waals surface area contributed by atoms with Crippen LogP contribution < -0.4 is 5.73 Å². The van der Waals surface area contributed by atoms with Crippen molar-refractivity contribution in [3.8, 4) is 0 Å². The molecule has 0 atom stereocenters. The molecule has 158 valence electrons. The second-order valence-corrected chi connectivity index (χ2v) is 7.92. The number of rotatable bonds is 1. The van der Waals surface area contributed by atoms with E-state index in [-0.39, 0.29) is 0 Å². The predicted octanol–water partition coefficient (Wildman–Crippen LogP) is 5.07. The van der Waals surface area contributed by atoms with Crippen LogP contribution in [0.1, 0.15) is 17.0 Å². The fourth-order valence-electron chi connectivity index (χ4n) is 4.12. The maximum Gasteiger partial charge on any atom is 0.0907 e. The molecule has 33 heavy (non-hydrogen) atoms. The molecule has 0 saturated heterocycles. The number of anilines is 1. The molecule has 6 heteroatoms. The molecule has 0 aliphatic carbocycles. The minimum Gasteiger partial charge on any atom is -0.515 e. The summed E-state index contributed by atoms with van der Waals surface area (Å²) in [5, 5.41) is 9.87. The summed E-state index contributed by atoms with van der Waals surface area (Å²) in [6.07, 6.45) is 16.5. The van der Waals surface area contributed by atoms with Gasteiger partial charge in [0.15, 0.2) is 0 Å². The monoisotopic (exact) mass is 429 g/mol. The van der Waals surface area contributed by atoms with Crippen LogP contribution >= 0.6 is 0 Å². The Balaban J connectivity index is 1.57. The summed E-state index contributed by atoms with van der Waals surface area (Å²) in [5.74, 6) is 0. The number of hydrogen-bond acceptors (Lipinski definition) is 5. The minimum absolute atomic E-state index is 0.573. The number of H-pyrrole nitrogens is 1. The van der Waals surface area contributed by atoms with E-state index in [1.54, 1.807) is 0 Å². The molecule has 4 N–H and O–H groups in total. The van der Waals surface area contributed by atoms with Crippen LogP contribution in [0.4, 0.5) is 5.69 Å². The maximum absolute atomic E-state index is 9.87. The summed E-state index contributed by atoms with van der Waals surface area (Å²) in [5.41, 5.74) is 15.6. The number of nitrogens with two attached hydrogens (primary N) is 1. The second-order valence-electron chi connectivity index (χ2n) is 7.92. The predicted molar refractivity (Wildman–Crippen MR) is 134 cm³/mol. The van der Waals surface area contributed by atoms with Gasteiger partial charge < -0.3 is 15.8 Å². The number of aliphatic hydroxyl groups excluding tert-OH is 1. The number of allylic oxidation sites excluding steroid dienone is 8. The molecule has 0 saturated carbocycles. The first-order chi connectivity index (χ1) is 16.2. The van der Waals surface area contributed by atoms with E-state index in [2.05, 4.69) is 15.0 Å². The van der Waals surface area contributed by atoms with E-state index in [4.69, 9.17) is 10.7 Å². The zero-order valence-electron chi connectivity index (χ0n) is 17.5. The minimum atomic E-state index is 0.573. The summed E-state index contributed by atoms with van der Waals surface area (Å²) in [6, 6.07) is 11.9. The van der Waals surface area contributed by atoms with Crippen LogP contribution in [-0.4, -0.2) is 27.2 Å². The molecule has 0 fully saturated rings. The molecule has 2 aromatic rings. The number of nitrogens with zero attached hydrogens (tertiary/aromatic N) is 3. The Morgan fingerprint density at radius 3 is 2.21 bits per heavy atom. The van der Waals surface area contributed by atoms with Gasteiger partial charge in [-0.05, 0) is 78.4 Å². The number of aromatic amines is 1. The summed E-state index contributed by atoms with van der Waals surface area (Å²) in [7, 11) is 0. The molecule has 4 aliphatic rings. The maximum atomic E-state index is 9.87. The van der Waals surface area contributed by atoms with Crippen LogP contribution in [0.15, 0.2) is 123 Å². The van der Waals surface area contributed by atoms with Gasteiger partial charge in [0.05, 0.1) is 46.1 Å². The highest BCUT2D eigenvalue weighted by molar-refractivity contribution is 6.33. The average Bonchev–Trinajstić information content (AvgIpc) is 3.61. The van der Waals surface area contributed by atoms with Crippen molar-refractivity contribution >= 4 is 34.5 Å². The van der Waals surface area contributed by atoms with Crippen molar-refractivity contribution in [3.05, 3.63) is 125 Å². The standard InChI is InChI=1S/C27H19N5O/c28-17-3-1-16(2-4-17)27-25-11-7-20(31-25)13-18-5-9-23(29-18)22(15-33)24-10-6-19(30-24)14-21-8-12-26(27)32-21/h1-15,31,33H,28H2. The van der Waals surface area contributed by atoms with Crippen molar-refractivity contribution in [2.45, 2.75) is 0 Å². The molecule has 1 aromatic carbocycles. The number of hydrogen-bond donors (Lipinski definition) is 3. The Bertz CT molecular complexity index is 1500. The van der Waals surface area contributed by atoms with Crippen molar-refractivity contribution in [1.82, 2.24) is 4.98 Å². The van der Waals surface area contributed by atoms with Crippen LogP contribution in [0.5, 0.6) is 0 Å². The number of nitrogen functional groups attached to an aromatic ring is 1. The van der Waals surface area contributed by atoms with Crippen molar-refractivity contribution in [3.63, 3.8) is 0 Å². The lowest BCUT2D eigenvalue weighted by Crippen LogP contribution is -2.07. The third-order valence-electron chi connectivity index (χ3n) is 5.70. The molecule has 6 rings (SSSR count). The van der Waals surface area contributed by atoms with Crippen molar-refractivity contribution in [1.29, 1.82) is 0 Å². The number of benzene rings is 1. The highest BCUT2D eigenvalue weighted by Gasteiger charge is 2.20. The Hall–Kier alpha value is -4.71. The molecule has 0 radical (unpaired) electrons. The number of aliphatic imine (C=N–C) groups is 3. The fraction of sp³-hybridized carbons (Fsp3) is 0. The van der Waals surface area contributed by atoms with E-state index in [1.165, 1.54) is 0 Å². The van der Waals surface area contributed by atoms with Gasteiger partial charge in [-0.25, -0.2) is 15.0 Å². The number of aromatic nitrogens is 1.